The molecule has 4 rings (SSSR count). The van der Waals surface area contributed by atoms with Crippen molar-refractivity contribution in [3.8, 4) is 11.3 Å². The second-order valence-electron chi connectivity index (χ2n) is 8.70. The molecule has 4 nitrogen and oxygen atoms in total. The van der Waals surface area contributed by atoms with E-state index in [2.05, 4.69) is 73.1 Å². The fraction of sp³-hybridized carbons (Fsp3) is 0.435. The van der Waals surface area contributed by atoms with Crippen LogP contribution in [0.15, 0.2) is 42.5 Å². The average Bonchev–Trinajstić information content (AvgIpc) is 3.26. The lowest BCUT2D eigenvalue weighted by Gasteiger charge is -2.21. The summed E-state index contributed by atoms with van der Waals surface area (Å²) in [7, 11) is 0. The number of nitrogens with zero attached hydrogens (tertiary/aromatic N) is 2. The SMILES string of the molecule is CC(C)(C)c1cccc(-c2ccc3[nH]c(CN4CCC[C@@H]4CO)cc3n2)c1. The molecule has 0 spiro atoms. The van der Waals surface area contributed by atoms with E-state index in [1.165, 1.54) is 11.3 Å². The molecule has 1 aromatic carbocycles. The second-order valence-corrected chi connectivity index (χ2v) is 8.70. The van der Waals surface area contributed by atoms with Crippen LogP contribution in [-0.2, 0) is 12.0 Å². The molecule has 0 saturated carbocycles. The zero-order valence-electron chi connectivity index (χ0n) is 16.5. The highest BCUT2D eigenvalue weighted by Gasteiger charge is 2.24. The molecule has 2 aromatic heterocycles. The van der Waals surface area contributed by atoms with Gasteiger partial charge in [0.2, 0.25) is 0 Å². The highest BCUT2D eigenvalue weighted by Crippen LogP contribution is 2.28. The standard InChI is InChI=1S/C23H29N3O/c1-23(2,3)17-7-4-6-16(12-17)20-9-10-21-22(25-20)13-18(24-21)14-26-11-5-8-19(26)15-27/h4,6-7,9-10,12-13,19,24,27H,5,8,11,14-15H2,1-3H3/t19-/m1/s1. The molecule has 142 valence electrons. The number of aliphatic hydroxyl groups excluding tert-OH is 1. The first-order chi connectivity index (χ1) is 12.9. The van der Waals surface area contributed by atoms with Crippen molar-refractivity contribution in [2.24, 2.45) is 0 Å². The van der Waals surface area contributed by atoms with E-state index < -0.39 is 0 Å². The van der Waals surface area contributed by atoms with Gasteiger partial charge in [0.05, 0.1) is 23.3 Å². The summed E-state index contributed by atoms with van der Waals surface area (Å²) in [5.41, 5.74) is 6.85. The van der Waals surface area contributed by atoms with E-state index in [9.17, 15) is 5.11 Å². The van der Waals surface area contributed by atoms with E-state index >= 15 is 0 Å². The van der Waals surface area contributed by atoms with Gasteiger partial charge < -0.3 is 10.1 Å². The fourth-order valence-corrected chi connectivity index (χ4v) is 3.98. The summed E-state index contributed by atoms with van der Waals surface area (Å²) in [4.78, 5) is 10.8. The van der Waals surface area contributed by atoms with Crippen LogP contribution in [-0.4, -0.2) is 39.2 Å². The highest BCUT2D eigenvalue weighted by atomic mass is 16.3. The second kappa shape index (κ2) is 7.10. The van der Waals surface area contributed by atoms with Crippen molar-refractivity contribution in [2.45, 2.75) is 51.6 Å². The number of fused-ring (bicyclic) bond motifs is 1. The lowest BCUT2D eigenvalue weighted by molar-refractivity contribution is 0.152. The van der Waals surface area contributed by atoms with Gasteiger partial charge in [-0.1, -0.05) is 39.0 Å². The lowest BCUT2D eigenvalue weighted by atomic mass is 9.86. The fourth-order valence-electron chi connectivity index (χ4n) is 3.98. The third-order valence-electron chi connectivity index (χ3n) is 5.64. The summed E-state index contributed by atoms with van der Waals surface area (Å²) < 4.78 is 0. The Morgan fingerprint density at radius 1 is 1.19 bits per heavy atom. The molecule has 0 radical (unpaired) electrons. The first kappa shape index (κ1) is 18.2. The first-order valence-electron chi connectivity index (χ1n) is 9.88. The van der Waals surface area contributed by atoms with Gasteiger partial charge in [-0.25, -0.2) is 4.98 Å². The Bertz CT molecular complexity index is 938. The molecule has 3 heterocycles. The van der Waals surface area contributed by atoms with E-state index in [1.807, 2.05) is 0 Å². The minimum atomic E-state index is 0.125. The Hall–Kier alpha value is -2.17. The van der Waals surface area contributed by atoms with Crippen LogP contribution in [0.3, 0.4) is 0 Å². The Kier molecular flexibility index (Phi) is 4.79. The molecule has 0 bridgehead atoms. The van der Waals surface area contributed by atoms with Crippen molar-refractivity contribution < 1.29 is 5.11 Å². The topological polar surface area (TPSA) is 52.2 Å². The van der Waals surface area contributed by atoms with Gasteiger partial charge >= 0.3 is 0 Å². The molecule has 1 aliphatic rings. The molecule has 1 saturated heterocycles. The molecule has 3 aromatic rings. The number of benzene rings is 1. The lowest BCUT2D eigenvalue weighted by Crippen LogP contribution is -2.31. The van der Waals surface area contributed by atoms with E-state index in [0.717, 1.165) is 48.2 Å². The molecule has 0 unspecified atom stereocenters. The van der Waals surface area contributed by atoms with Gasteiger partial charge in [0.25, 0.3) is 0 Å². The van der Waals surface area contributed by atoms with Crippen molar-refractivity contribution in [1.29, 1.82) is 0 Å². The van der Waals surface area contributed by atoms with Crippen molar-refractivity contribution in [3.05, 3.63) is 53.7 Å². The molecule has 27 heavy (non-hydrogen) atoms. The van der Waals surface area contributed by atoms with Gasteiger partial charge in [0.15, 0.2) is 0 Å². The third kappa shape index (κ3) is 3.78. The number of aromatic nitrogens is 2. The van der Waals surface area contributed by atoms with Crippen molar-refractivity contribution in [2.75, 3.05) is 13.2 Å². The monoisotopic (exact) mass is 363 g/mol. The van der Waals surface area contributed by atoms with Crippen LogP contribution in [0.25, 0.3) is 22.3 Å². The number of rotatable bonds is 4. The molecule has 0 amide bonds. The van der Waals surface area contributed by atoms with Crippen LogP contribution in [0.5, 0.6) is 0 Å². The van der Waals surface area contributed by atoms with Gasteiger partial charge in [0.1, 0.15) is 0 Å². The van der Waals surface area contributed by atoms with Crippen LogP contribution < -0.4 is 0 Å². The number of hydrogen-bond donors (Lipinski definition) is 2. The van der Waals surface area contributed by atoms with Crippen molar-refractivity contribution >= 4 is 11.0 Å². The van der Waals surface area contributed by atoms with Gasteiger partial charge in [-0.05, 0) is 54.6 Å². The molecular weight excluding hydrogens is 334 g/mol. The summed E-state index contributed by atoms with van der Waals surface area (Å²) in [5.74, 6) is 0. The van der Waals surface area contributed by atoms with Gasteiger partial charge in [-0.15, -0.1) is 0 Å². The number of likely N-dealkylation sites (tertiary alicyclic amines) is 1. The Labute approximate surface area is 161 Å². The van der Waals surface area contributed by atoms with Gasteiger partial charge in [0, 0.05) is 23.8 Å². The van der Waals surface area contributed by atoms with E-state index in [-0.39, 0.29) is 12.0 Å². The molecule has 4 heteroatoms. The Morgan fingerprint density at radius 3 is 2.81 bits per heavy atom. The number of aromatic amines is 1. The summed E-state index contributed by atoms with van der Waals surface area (Å²) in [6.07, 6.45) is 2.25. The van der Waals surface area contributed by atoms with Gasteiger partial charge in [-0.3, -0.25) is 4.90 Å². The highest BCUT2D eigenvalue weighted by molar-refractivity contribution is 5.79. The number of H-pyrrole nitrogens is 1. The summed E-state index contributed by atoms with van der Waals surface area (Å²) in [6, 6.07) is 15.3. The zero-order valence-corrected chi connectivity index (χ0v) is 16.5. The minimum Gasteiger partial charge on any atom is -0.395 e. The maximum Gasteiger partial charge on any atom is 0.0889 e. The maximum absolute atomic E-state index is 9.53. The Morgan fingerprint density at radius 2 is 2.04 bits per heavy atom. The number of aliphatic hydroxyl groups is 1. The summed E-state index contributed by atoms with van der Waals surface area (Å²) in [5, 5.41) is 9.53. The number of pyridine rings is 1. The van der Waals surface area contributed by atoms with Gasteiger partial charge in [-0.2, -0.15) is 0 Å². The first-order valence-corrected chi connectivity index (χ1v) is 9.88. The smallest absolute Gasteiger partial charge is 0.0889 e. The van der Waals surface area contributed by atoms with E-state index in [1.54, 1.807) is 0 Å². The molecule has 1 aliphatic heterocycles. The summed E-state index contributed by atoms with van der Waals surface area (Å²) in [6.45, 7) is 8.85. The van der Waals surface area contributed by atoms with Crippen LogP contribution in [0.2, 0.25) is 0 Å². The Balaban J connectivity index is 1.61. The van der Waals surface area contributed by atoms with Crippen LogP contribution >= 0.6 is 0 Å². The van der Waals surface area contributed by atoms with E-state index in [0.29, 0.717) is 6.04 Å². The van der Waals surface area contributed by atoms with E-state index in [4.69, 9.17) is 4.98 Å². The average molecular weight is 364 g/mol. The largest absolute Gasteiger partial charge is 0.395 e. The summed E-state index contributed by atoms with van der Waals surface area (Å²) >= 11 is 0. The zero-order chi connectivity index (χ0) is 19.0. The van der Waals surface area contributed by atoms with Crippen LogP contribution in [0.1, 0.15) is 44.9 Å². The normalized spacial score (nSPS) is 18.4. The predicted octanol–water partition coefficient (Wildman–Crippen LogP) is 4.48. The number of nitrogens with one attached hydrogen (secondary N) is 1. The van der Waals surface area contributed by atoms with Crippen LogP contribution in [0, 0.1) is 0 Å². The third-order valence-corrected chi connectivity index (χ3v) is 5.64. The quantitative estimate of drug-likeness (QED) is 0.718. The predicted molar refractivity (Wildman–Crippen MR) is 111 cm³/mol. The minimum absolute atomic E-state index is 0.125. The van der Waals surface area contributed by atoms with Crippen molar-refractivity contribution in [3.63, 3.8) is 0 Å². The van der Waals surface area contributed by atoms with Crippen molar-refractivity contribution in [1.82, 2.24) is 14.9 Å². The molecule has 1 fully saturated rings. The molecule has 1 atom stereocenters. The van der Waals surface area contributed by atoms with Crippen LogP contribution in [0.4, 0.5) is 0 Å². The molecule has 2 N–H and O–H groups in total. The molecular formula is C23H29N3O. The number of hydrogen-bond acceptors (Lipinski definition) is 3. The molecule has 0 aliphatic carbocycles. The maximum atomic E-state index is 9.53.